The highest BCUT2D eigenvalue weighted by Gasteiger charge is 2.20. The lowest BCUT2D eigenvalue weighted by Gasteiger charge is -2.36. The zero-order valence-corrected chi connectivity index (χ0v) is 15.2. The number of hydrogen-bond acceptors (Lipinski definition) is 8. The van der Waals surface area contributed by atoms with Crippen LogP contribution in [0.25, 0.3) is 0 Å². The van der Waals surface area contributed by atoms with E-state index >= 15 is 0 Å². The lowest BCUT2D eigenvalue weighted by atomic mass is 10.1. The molecule has 0 unspecified atom stereocenters. The van der Waals surface area contributed by atoms with Gasteiger partial charge in [-0.15, -0.1) is 10.2 Å². The summed E-state index contributed by atoms with van der Waals surface area (Å²) in [6.45, 7) is 5.74. The normalized spacial score (nSPS) is 18.1. The highest BCUT2D eigenvalue weighted by Crippen LogP contribution is 2.21. The Morgan fingerprint density at radius 1 is 0.731 bits per heavy atom. The Morgan fingerprint density at radius 3 is 1.88 bits per heavy atom. The number of ether oxygens (including phenoxy) is 1. The van der Waals surface area contributed by atoms with Gasteiger partial charge in [-0.25, -0.2) is 9.97 Å². The molecule has 0 N–H and O–H groups in total. The summed E-state index contributed by atoms with van der Waals surface area (Å²) in [7, 11) is 1.62. The van der Waals surface area contributed by atoms with Crippen molar-refractivity contribution >= 4 is 17.5 Å². The second-order valence-corrected chi connectivity index (χ2v) is 6.69. The third-order valence-electron chi connectivity index (χ3n) is 5.08. The van der Waals surface area contributed by atoms with Gasteiger partial charge >= 0.3 is 0 Å². The van der Waals surface area contributed by atoms with Gasteiger partial charge in [0, 0.05) is 45.3 Å². The fraction of sp³-hybridized carbons (Fsp3) is 0.556. The molecule has 138 valence electrons. The van der Waals surface area contributed by atoms with Crippen LogP contribution in [0, 0.1) is 0 Å². The van der Waals surface area contributed by atoms with Gasteiger partial charge < -0.3 is 19.4 Å². The van der Waals surface area contributed by atoms with Crippen molar-refractivity contribution in [2.24, 2.45) is 0 Å². The van der Waals surface area contributed by atoms with Crippen molar-refractivity contribution < 1.29 is 4.74 Å². The molecule has 0 saturated carbocycles. The Morgan fingerprint density at radius 2 is 1.31 bits per heavy atom. The second-order valence-electron chi connectivity index (χ2n) is 6.69. The Kier molecular flexibility index (Phi) is 4.99. The highest BCUT2D eigenvalue weighted by molar-refractivity contribution is 5.48. The van der Waals surface area contributed by atoms with E-state index in [9.17, 15) is 0 Å². The molecule has 4 rings (SSSR count). The molecule has 2 aromatic rings. The molecule has 8 nitrogen and oxygen atoms in total. The van der Waals surface area contributed by atoms with Gasteiger partial charge in [-0.2, -0.15) is 0 Å². The average molecular weight is 355 g/mol. The van der Waals surface area contributed by atoms with Crippen LogP contribution in [0.15, 0.2) is 24.5 Å². The summed E-state index contributed by atoms with van der Waals surface area (Å²) in [6.07, 6.45) is 5.37. The van der Waals surface area contributed by atoms with Crippen LogP contribution >= 0.6 is 0 Å². The maximum atomic E-state index is 5.19. The topological polar surface area (TPSA) is 70.5 Å². The molecule has 0 spiro atoms. The van der Waals surface area contributed by atoms with E-state index in [-0.39, 0.29) is 0 Å². The third-order valence-corrected chi connectivity index (χ3v) is 5.08. The van der Waals surface area contributed by atoms with E-state index < -0.39 is 0 Å². The van der Waals surface area contributed by atoms with Gasteiger partial charge in [0.15, 0.2) is 11.6 Å². The number of methoxy groups -OCH3 is 1. The molecular weight excluding hydrogens is 330 g/mol. The van der Waals surface area contributed by atoms with Crippen molar-refractivity contribution in [2.45, 2.75) is 19.3 Å². The lowest BCUT2D eigenvalue weighted by Crippen LogP contribution is -2.47. The first-order chi connectivity index (χ1) is 12.8. The standard InChI is InChI=1S/C18H25N7O/c1-26-18-13-17(19-14-20-18)25-11-9-24(10-12-25)16-6-5-15(21-22-16)23-7-3-2-4-8-23/h5-6,13-14H,2-4,7-12H2,1H3. The van der Waals surface area contributed by atoms with E-state index in [1.54, 1.807) is 13.4 Å². The van der Waals surface area contributed by atoms with Crippen LogP contribution in [0.5, 0.6) is 5.88 Å². The van der Waals surface area contributed by atoms with Crippen molar-refractivity contribution in [1.29, 1.82) is 0 Å². The third kappa shape index (κ3) is 3.63. The number of anilines is 3. The van der Waals surface area contributed by atoms with Gasteiger partial charge in [-0.1, -0.05) is 0 Å². The monoisotopic (exact) mass is 355 g/mol. The molecule has 2 aliphatic heterocycles. The molecular formula is C18H25N7O. The molecule has 8 heteroatoms. The minimum Gasteiger partial charge on any atom is -0.481 e. The van der Waals surface area contributed by atoms with Crippen LogP contribution in [0.1, 0.15) is 19.3 Å². The number of hydrogen-bond donors (Lipinski definition) is 0. The molecule has 0 aromatic carbocycles. The van der Waals surface area contributed by atoms with Gasteiger partial charge in [0.2, 0.25) is 5.88 Å². The quantitative estimate of drug-likeness (QED) is 0.819. The van der Waals surface area contributed by atoms with E-state index in [1.165, 1.54) is 19.3 Å². The number of piperidine rings is 1. The molecule has 4 heterocycles. The highest BCUT2D eigenvalue weighted by atomic mass is 16.5. The number of rotatable bonds is 4. The summed E-state index contributed by atoms with van der Waals surface area (Å²) in [6, 6.07) is 6.08. The SMILES string of the molecule is COc1cc(N2CCN(c3ccc(N4CCCCC4)nn3)CC2)ncn1. The fourth-order valence-electron chi connectivity index (χ4n) is 3.56. The first kappa shape index (κ1) is 16.8. The Balaban J connectivity index is 1.36. The van der Waals surface area contributed by atoms with Crippen LogP contribution in [0.4, 0.5) is 17.5 Å². The smallest absolute Gasteiger partial charge is 0.218 e. The summed E-state index contributed by atoms with van der Waals surface area (Å²) in [5, 5.41) is 8.93. The van der Waals surface area contributed by atoms with E-state index in [1.807, 2.05) is 6.07 Å². The molecule has 2 aliphatic rings. The Hall–Kier alpha value is -2.64. The van der Waals surface area contributed by atoms with Crippen molar-refractivity contribution in [1.82, 2.24) is 20.2 Å². The molecule has 0 aliphatic carbocycles. The number of aromatic nitrogens is 4. The molecule has 0 bridgehead atoms. The van der Waals surface area contributed by atoms with Gasteiger partial charge in [-0.3, -0.25) is 0 Å². The Bertz CT molecular complexity index is 710. The summed E-state index contributed by atoms with van der Waals surface area (Å²) in [5.41, 5.74) is 0. The maximum Gasteiger partial charge on any atom is 0.218 e. The van der Waals surface area contributed by atoms with Crippen LogP contribution in [0.2, 0.25) is 0 Å². The summed E-state index contributed by atoms with van der Waals surface area (Å²) in [5.74, 6) is 3.45. The summed E-state index contributed by atoms with van der Waals surface area (Å²) < 4.78 is 5.19. The number of piperazine rings is 1. The largest absolute Gasteiger partial charge is 0.481 e. The first-order valence-electron chi connectivity index (χ1n) is 9.28. The van der Waals surface area contributed by atoms with Gasteiger partial charge in [-0.05, 0) is 31.4 Å². The minimum absolute atomic E-state index is 0.594. The summed E-state index contributed by atoms with van der Waals surface area (Å²) in [4.78, 5) is 15.3. The zero-order chi connectivity index (χ0) is 17.8. The predicted molar refractivity (Wildman–Crippen MR) is 101 cm³/mol. The summed E-state index contributed by atoms with van der Waals surface area (Å²) >= 11 is 0. The zero-order valence-electron chi connectivity index (χ0n) is 15.2. The molecule has 2 aromatic heterocycles. The van der Waals surface area contributed by atoms with E-state index in [2.05, 4.69) is 47.0 Å². The van der Waals surface area contributed by atoms with Crippen LogP contribution < -0.4 is 19.4 Å². The molecule has 26 heavy (non-hydrogen) atoms. The van der Waals surface area contributed by atoms with Crippen molar-refractivity contribution in [3.05, 3.63) is 24.5 Å². The first-order valence-corrected chi connectivity index (χ1v) is 9.28. The van der Waals surface area contributed by atoms with E-state index in [0.29, 0.717) is 5.88 Å². The second kappa shape index (κ2) is 7.72. The van der Waals surface area contributed by atoms with Gasteiger partial charge in [0.25, 0.3) is 0 Å². The van der Waals surface area contributed by atoms with E-state index in [4.69, 9.17) is 4.74 Å². The van der Waals surface area contributed by atoms with Gasteiger partial charge in [0.1, 0.15) is 12.1 Å². The lowest BCUT2D eigenvalue weighted by molar-refractivity contribution is 0.396. The number of nitrogens with zero attached hydrogens (tertiary/aromatic N) is 7. The molecule has 0 radical (unpaired) electrons. The van der Waals surface area contributed by atoms with Crippen LogP contribution in [0.3, 0.4) is 0 Å². The predicted octanol–water partition coefficient (Wildman–Crippen LogP) is 1.59. The van der Waals surface area contributed by atoms with Crippen molar-refractivity contribution in [2.75, 3.05) is 61.1 Å². The average Bonchev–Trinajstić information content (AvgIpc) is 2.75. The molecule has 0 amide bonds. The molecule has 2 saturated heterocycles. The molecule has 0 atom stereocenters. The Labute approximate surface area is 153 Å². The fourth-order valence-corrected chi connectivity index (χ4v) is 3.56. The van der Waals surface area contributed by atoms with E-state index in [0.717, 1.165) is 56.7 Å². The van der Waals surface area contributed by atoms with Crippen molar-refractivity contribution in [3.8, 4) is 5.88 Å². The van der Waals surface area contributed by atoms with Crippen LogP contribution in [-0.4, -0.2) is 66.5 Å². The minimum atomic E-state index is 0.594. The van der Waals surface area contributed by atoms with Gasteiger partial charge in [0.05, 0.1) is 7.11 Å². The van der Waals surface area contributed by atoms with Crippen LogP contribution in [-0.2, 0) is 0 Å². The molecule has 2 fully saturated rings. The maximum absolute atomic E-state index is 5.19. The van der Waals surface area contributed by atoms with Crippen molar-refractivity contribution in [3.63, 3.8) is 0 Å².